The summed E-state index contributed by atoms with van der Waals surface area (Å²) in [5.74, 6) is -0.0968. The van der Waals surface area contributed by atoms with E-state index in [9.17, 15) is 23.7 Å². The largest absolute Gasteiger partial charge is 0.777 e. The van der Waals surface area contributed by atoms with Crippen LogP contribution >= 0.6 is 15.4 Å². The minimum Gasteiger partial charge on any atom is -0.777 e. The molecular formula is C27H49N5O9P2-2. The van der Waals surface area contributed by atoms with E-state index in [1.165, 1.54) is 87.9 Å². The van der Waals surface area contributed by atoms with Crippen molar-refractivity contribution < 1.29 is 37.2 Å². The van der Waals surface area contributed by atoms with Crippen LogP contribution in [0.2, 0.25) is 0 Å². The molecule has 0 saturated heterocycles. The molecule has 0 amide bonds. The molecule has 0 aliphatic rings. The average molecular weight is 650 g/mol. The molecule has 0 radical (unpaired) electrons. The van der Waals surface area contributed by atoms with Gasteiger partial charge in [0.1, 0.15) is 6.35 Å². The Bertz CT molecular complexity index is 1190. The van der Waals surface area contributed by atoms with Gasteiger partial charge in [-0.1, -0.05) is 90.4 Å². The zero-order chi connectivity index (χ0) is 31.4. The highest BCUT2D eigenvalue weighted by atomic mass is 31.3. The van der Waals surface area contributed by atoms with E-state index in [0.29, 0.717) is 13.2 Å². The van der Waals surface area contributed by atoms with Gasteiger partial charge in [0.25, 0.3) is 13.4 Å². The van der Waals surface area contributed by atoms with E-state index >= 15 is 0 Å². The van der Waals surface area contributed by atoms with Crippen molar-refractivity contribution >= 4 is 32.5 Å². The van der Waals surface area contributed by atoms with Crippen LogP contribution in [0.25, 0.3) is 11.2 Å². The Morgan fingerprint density at radius 1 is 0.837 bits per heavy atom. The van der Waals surface area contributed by atoms with Crippen molar-refractivity contribution in [2.45, 2.75) is 110 Å². The molecule has 2 heterocycles. The van der Waals surface area contributed by atoms with Crippen molar-refractivity contribution in [1.29, 1.82) is 0 Å². The van der Waals surface area contributed by atoms with Crippen LogP contribution in [0.1, 0.15) is 103 Å². The maximum atomic E-state index is 12.0. The van der Waals surface area contributed by atoms with Crippen LogP contribution in [0.3, 0.4) is 0 Å². The zero-order valence-electron chi connectivity index (χ0n) is 25.4. The lowest BCUT2D eigenvalue weighted by atomic mass is 10.0. The molecule has 2 rings (SSSR count). The van der Waals surface area contributed by atoms with Crippen LogP contribution in [0.5, 0.6) is 0 Å². The topological polar surface area (TPSA) is 207 Å². The Morgan fingerprint density at radius 3 is 2.05 bits per heavy atom. The number of phosphoric ester groups is 1. The maximum Gasteiger partial charge on any atom is 0.280 e. The van der Waals surface area contributed by atoms with Gasteiger partial charge >= 0.3 is 0 Å². The molecule has 3 N–H and O–H groups in total. The lowest BCUT2D eigenvalue weighted by Gasteiger charge is -2.31. The minimum absolute atomic E-state index is 0.0664. The fourth-order valence-corrected chi connectivity index (χ4v) is 6.81. The summed E-state index contributed by atoms with van der Waals surface area (Å²) in [5.41, 5.74) is 5.28. The van der Waals surface area contributed by atoms with Crippen molar-refractivity contribution in [2.75, 3.05) is 38.5 Å². The number of hydrogen-bond acceptors (Lipinski definition) is 12. The van der Waals surface area contributed by atoms with E-state index in [-0.39, 0.29) is 43.3 Å². The second-order valence-corrected chi connectivity index (χ2v) is 13.9. The number of aromatic amines is 1. The highest BCUT2D eigenvalue weighted by molar-refractivity contribution is 7.62. The third-order valence-electron chi connectivity index (χ3n) is 6.77. The van der Waals surface area contributed by atoms with Crippen LogP contribution in [0.4, 0.5) is 5.95 Å². The molecule has 0 bridgehead atoms. The Balaban J connectivity index is 1.43. The normalized spacial score (nSPS) is 14.7. The molecule has 0 aliphatic carbocycles. The predicted octanol–water partition coefficient (Wildman–Crippen LogP) is 4.62. The second kappa shape index (κ2) is 21.2. The molecule has 0 fully saturated rings. The summed E-state index contributed by atoms with van der Waals surface area (Å²) in [6.45, 7) is 2.80. The van der Waals surface area contributed by atoms with Gasteiger partial charge < -0.3 is 38.7 Å². The lowest BCUT2D eigenvalue weighted by molar-refractivity contribution is -0.233. The van der Waals surface area contributed by atoms with Crippen molar-refractivity contribution in [1.82, 2.24) is 19.5 Å². The molecule has 14 nitrogen and oxygen atoms in total. The first kappa shape index (κ1) is 37.6. The first-order valence-corrected chi connectivity index (χ1v) is 18.7. The van der Waals surface area contributed by atoms with E-state index in [0.717, 1.165) is 12.8 Å². The average Bonchev–Trinajstić information content (AvgIpc) is 3.34. The molecular weight excluding hydrogens is 600 g/mol. The number of nitrogens with one attached hydrogen (secondary N) is 1. The number of anilines is 1. The number of nitrogens with two attached hydrogens (primary N) is 1. The predicted molar refractivity (Wildman–Crippen MR) is 161 cm³/mol. The Hall–Kier alpha value is -1.63. The summed E-state index contributed by atoms with van der Waals surface area (Å²) in [4.78, 5) is 45.9. The monoisotopic (exact) mass is 649 g/mol. The van der Waals surface area contributed by atoms with Gasteiger partial charge in [-0.15, -0.1) is 0 Å². The molecule has 2 aromatic rings. The van der Waals surface area contributed by atoms with Crippen molar-refractivity contribution in [3.63, 3.8) is 0 Å². The minimum atomic E-state index is -5.09. The number of imidazole rings is 1. The van der Waals surface area contributed by atoms with E-state index in [1.807, 2.05) is 0 Å². The SMILES string of the molecule is CCCCCCCCCCCCCCCCOCCCOP(=O)([O-])OP(=O)([O-])COCCn1cnc2c(=O)[nH]c(N)nc21. The van der Waals surface area contributed by atoms with Gasteiger partial charge in [0.2, 0.25) is 5.95 Å². The van der Waals surface area contributed by atoms with Gasteiger partial charge in [0, 0.05) is 19.8 Å². The third kappa shape index (κ3) is 16.9. The molecule has 0 saturated carbocycles. The molecule has 2 atom stereocenters. The van der Waals surface area contributed by atoms with E-state index in [1.54, 1.807) is 0 Å². The van der Waals surface area contributed by atoms with Crippen LogP contribution < -0.4 is 21.1 Å². The van der Waals surface area contributed by atoms with Gasteiger partial charge in [0.15, 0.2) is 18.8 Å². The maximum absolute atomic E-state index is 12.0. The summed E-state index contributed by atoms with van der Waals surface area (Å²) in [6, 6.07) is 0. The van der Waals surface area contributed by atoms with Crippen molar-refractivity contribution in [3.8, 4) is 0 Å². The fourth-order valence-electron chi connectivity index (χ4n) is 4.51. The van der Waals surface area contributed by atoms with Crippen LogP contribution in [0.15, 0.2) is 11.1 Å². The van der Waals surface area contributed by atoms with Gasteiger partial charge in [-0.2, -0.15) is 4.98 Å². The van der Waals surface area contributed by atoms with Gasteiger partial charge in [-0.3, -0.25) is 18.7 Å². The molecule has 43 heavy (non-hydrogen) atoms. The number of H-pyrrole nitrogens is 1. The van der Waals surface area contributed by atoms with Gasteiger partial charge in [-0.05, 0) is 12.8 Å². The number of ether oxygens (including phenoxy) is 2. The highest BCUT2D eigenvalue weighted by Gasteiger charge is 2.19. The molecule has 2 unspecified atom stereocenters. The number of hydrogen-bond donors (Lipinski definition) is 2. The number of nitrogens with zero attached hydrogens (tertiary/aromatic N) is 3. The molecule has 0 aliphatic heterocycles. The number of unbranched alkanes of at least 4 members (excludes halogenated alkanes) is 13. The summed E-state index contributed by atoms with van der Waals surface area (Å²) < 4.78 is 44.8. The number of fused-ring (bicyclic) bond motifs is 1. The van der Waals surface area contributed by atoms with E-state index < -0.39 is 27.3 Å². The fraction of sp³-hybridized carbons (Fsp3) is 0.815. The van der Waals surface area contributed by atoms with E-state index in [2.05, 4.69) is 30.7 Å². The van der Waals surface area contributed by atoms with E-state index in [4.69, 9.17) is 15.2 Å². The molecule has 16 heteroatoms. The van der Waals surface area contributed by atoms with Crippen molar-refractivity contribution in [3.05, 3.63) is 16.7 Å². The van der Waals surface area contributed by atoms with Gasteiger partial charge in [0.05, 0.1) is 19.5 Å². The molecule has 0 spiro atoms. The Kier molecular flexibility index (Phi) is 18.5. The first-order chi connectivity index (χ1) is 20.6. The summed E-state index contributed by atoms with van der Waals surface area (Å²) in [5, 5.41) is 0. The second-order valence-electron chi connectivity index (χ2n) is 10.6. The molecule has 0 aromatic carbocycles. The third-order valence-corrected chi connectivity index (χ3v) is 9.56. The summed E-state index contributed by atoms with van der Waals surface area (Å²) in [6.07, 6.45) is 18.6. The van der Waals surface area contributed by atoms with Crippen LogP contribution in [0, 0.1) is 0 Å². The van der Waals surface area contributed by atoms with Gasteiger partial charge in [-0.25, -0.2) is 4.98 Å². The molecule has 2 aromatic heterocycles. The standard InChI is InChI=1S/C27H51N5O9P2/c1-2-3-4-5-6-7-8-9-10-11-12-13-14-15-18-38-19-16-20-40-43(36,37)41-42(34,35)23-39-21-17-32-22-29-24-25(32)30-27(28)31-26(24)33/h22H,2-21,23H2,1H3,(H,34,35)(H,36,37)(H3,28,30,31,33)/p-2. The Morgan fingerprint density at radius 2 is 1.42 bits per heavy atom. The smallest absolute Gasteiger partial charge is 0.280 e. The summed E-state index contributed by atoms with van der Waals surface area (Å²) >= 11 is 0. The first-order valence-electron chi connectivity index (χ1n) is 15.5. The quantitative estimate of drug-likeness (QED) is 0.100. The van der Waals surface area contributed by atoms with Crippen LogP contribution in [-0.4, -0.2) is 52.3 Å². The lowest BCUT2D eigenvalue weighted by Crippen LogP contribution is -2.17. The number of rotatable bonds is 27. The zero-order valence-corrected chi connectivity index (χ0v) is 27.2. The number of nitrogen functional groups attached to an aromatic ring is 1. The number of aromatic nitrogens is 4. The Labute approximate surface area is 254 Å². The van der Waals surface area contributed by atoms with Crippen molar-refractivity contribution in [2.24, 2.45) is 0 Å². The van der Waals surface area contributed by atoms with Crippen LogP contribution in [-0.2, 0) is 34.0 Å². The highest BCUT2D eigenvalue weighted by Crippen LogP contribution is 2.54. The summed E-state index contributed by atoms with van der Waals surface area (Å²) in [7, 11) is -9.98. The molecule has 248 valence electrons. The number of phosphoric acid groups is 1.